The SMILES string of the molecule is C=C(C)C(=O)OC1(C)CC2(CCCCCCC2)OC1=O. The van der Waals surface area contributed by atoms with Crippen molar-refractivity contribution in [3.8, 4) is 0 Å². The number of ether oxygens (including phenoxy) is 2. The maximum absolute atomic E-state index is 12.2. The second-order valence-electron chi connectivity index (χ2n) is 6.42. The molecule has 1 aliphatic heterocycles. The first-order valence-electron chi connectivity index (χ1n) is 7.49. The maximum atomic E-state index is 12.2. The van der Waals surface area contributed by atoms with E-state index in [1.807, 2.05) is 0 Å². The molecule has 1 atom stereocenters. The van der Waals surface area contributed by atoms with Gasteiger partial charge in [0.05, 0.1) is 0 Å². The van der Waals surface area contributed by atoms with Gasteiger partial charge in [0.25, 0.3) is 0 Å². The molecule has 1 saturated carbocycles. The van der Waals surface area contributed by atoms with Gasteiger partial charge in [0, 0.05) is 12.0 Å². The van der Waals surface area contributed by atoms with Gasteiger partial charge in [-0.05, 0) is 39.5 Å². The predicted octanol–water partition coefficient (Wildman–Crippen LogP) is 3.29. The molecule has 0 aromatic heterocycles. The lowest BCUT2D eigenvalue weighted by Gasteiger charge is -2.30. The van der Waals surface area contributed by atoms with E-state index in [1.165, 1.54) is 19.3 Å². The Labute approximate surface area is 120 Å². The fraction of sp³-hybridized carbons (Fsp3) is 0.750. The van der Waals surface area contributed by atoms with E-state index in [9.17, 15) is 9.59 Å². The van der Waals surface area contributed by atoms with Crippen molar-refractivity contribution in [3.05, 3.63) is 12.2 Å². The topological polar surface area (TPSA) is 52.6 Å². The van der Waals surface area contributed by atoms with Crippen molar-refractivity contribution >= 4 is 11.9 Å². The molecule has 2 fully saturated rings. The first kappa shape index (κ1) is 15.1. The molecule has 2 rings (SSSR count). The van der Waals surface area contributed by atoms with Crippen molar-refractivity contribution in [2.24, 2.45) is 0 Å². The summed E-state index contributed by atoms with van der Waals surface area (Å²) in [5.74, 6) is -0.931. The van der Waals surface area contributed by atoms with Gasteiger partial charge in [0.15, 0.2) is 0 Å². The number of rotatable bonds is 2. The van der Waals surface area contributed by atoms with Crippen molar-refractivity contribution in [1.82, 2.24) is 0 Å². The Kier molecular flexibility index (Phi) is 4.21. The summed E-state index contributed by atoms with van der Waals surface area (Å²) in [5.41, 5.74) is -1.28. The largest absolute Gasteiger partial charge is 0.456 e. The van der Waals surface area contributed by atoms with Crippen LogP contribution in [0.3, 0.4) is 0 Å². The van der Waals surface area contributed by atoms with E-state index in [0.29, 0.717) is 12.0 Å². The Balaban J connectivity index is 2.11. The Bertz CT molecular complexity index is 418. The minimum atomic E-state index is -1.16. The van der Waals surface area contributed by atoms with Crippen LogP contribution in [0.25, 0.3) is 0 Å². The second-order valence-corrected chi connectivity index (χ2v) is 6.42. The zero-order valence-corrected chi connectivity index (χ0v) is 12.5. The number of hydrogen-bond donors (Lipinski definition) is 0. The number of hydrogen-bond acceptors (Lipinski definition) is 4. The van der Waals surface area contributed by atoms with Gasteiger partial charge >= 0.3 is 11.9 Å². The van der Waals surface area contributed by atoms with Crippen LogP contribution in [0.4, 0.5) is 0 Å². The molecule has 0 N–H and O–H groups in total. The zero-order valence-electron chi connectivity index (χ0n) is 12.5. The summed E-state index contributed by atoms with van der Waals surface area (Å²) in [5, 5.41) is 0. The van der Waals surface area contributed by atoms with E-state index in [4.69, 9.17) is 9.47 Å². The van der Waals surface area contributed by atoms with Crippen LogP contribution in [0.5, 0.6) is 0 Å². The van der Waals surface area contributed by atoms with Crippen LogP contribution in [0.1, 0.15) is 65.2 Å². The molecule has 0 bridgehead atoms. The average Bonchev–Trinajstić information content (AvgIpc) is 2.57. The van der Waals surface area contributed by atoms with Crippen molar-refractivity contribution in [2.45, 2.75) is 76.4 Å². The molecule has 1 unspecified atom stereocenters. The molecular formula is C16H24O4. The Morgan fingerprint density at radius 3 is 2.30 bits per heavy atom. The van der Waals surface area contributed by atoms with Gasteiger partial charge in [-0.15, -0.1) is 0 Å². The summed E-state index contributed by atoms with van der Waals surface area (Å²) >= 11 is 0. The molecular weight excluding hydrogens is 256 g/mol. The molecule has 4 heteroatoms. The molecule has 0 radical (unpaired) electrons. The summed E-state index contributed by atoms with van der Waals surface area (Å²) < 4.78 is 11.0. The van der Waals surface area contributed by atoms with Crippen LogP contribution in [0, 0.1) is 0 Å². The van der Waals surface area contributed by atoms with E-state index in [0.717, 1.165) is 25.7 Å². The Morgan fingerprint density at radius 1 is 1.20 bits per heavy atom. The molecule has 0 aromatic rings. The van der Waals surface area contributed by atoms with Crippen LogP contribution < -0.4 is 0 Å². The molecule has 0 aromatic carbocycles. The lowest BCUT2D eigenvalue weighted by molar-refractivity contribution is -0.170. The third kappa shape index (κ3) is 3.05. The summed E-state index contributed by atoms with van der Waals surface area (Å²) in [7, 11) is 0. The third-order valence-electron chi connectivity index (χ3n) is 4.33. The molecule has 0 amide bonds. The normalized spacial score (nSPS) is 29.4. The number of carbonyl (C=O) groups excluding carboxylic acids is 2. The quantitative estimate of drug-likeness (QED) is 0.575. The van der Waals surface area contributed by atoms with Crippen LogP contribution in [-0.2, 0) is 19.1 Å². The van der Waals surface area contributed by atoms with Gasteiger partial charge < -0.3 is 9.47 Å². The van der Waals surface area contributed by atoms with Crippen molar-refractivity contribution in [2.75, 3.05) is 0 Å². The van der Waals surface area contributed by atoms with Gasteiger partial charge in [-0.3, -0.25) is 0 Å². The van der Waals surface area contributed by atoms with Crippen LogP contribution in [0.2, 0.25) is 0 Å². The highest BCUT2D eigenvalue weighted by Crippen LogP contribution is 2.44. The van der Waals surface area contributed by atoms with E-state index >= 15 is 0 Å². The number of esters is 2. The monoisotopic (exact) mass is 280 g/mol. The fourth-order valence-corrected chi connectivity index (χ4v) is 3.23. The lowest BCUT2D eigenvalue weighted by atomic mass is 9.81. The van der Waals surface area contributed by atoms with Gasteiger partial charge in [-0.25, -0.2) is 9.59 Å². The smallest absolute Gasteiger partial charge is 0.351 e. The molecule has 1 spiro atoms. The summed E-state index contributed by atoms with van der Waals surface area (Å²) in [6.07, 6.45) is 7.97. The van der Waals surface area contributed by atoms with E-state index in [2.05, 4.69) is 6.58 Å². The predicted molar refractivity (Wildman–Crippen MR) is 75.1 cm³/mol. The molecule has 20 heavy (non-hydrogen) atoms. The highest BCUT2D eigenvalue weighted by molar-refractivity contribution is 5.91. The lowest BCUT2D eigenvalue weighted by Crippen LogP contribution is -2.37. The van der Waals surface area contributed by atoms with Crippen LogP contribution in [-0.4, -0.2) is 23.1 Å². The van der Waals surface area contributed by atoms with Gasteiger partial charge in [-0.1, -0.05) is 25.8 Å². The van der Waals surface area contributed by atoms with E-state index < -0.39 is 23.1 Å². The molecule has 112 valence electrons. The average molecular weight is 280 g/mol. The minimum Gasteiger partial charge on any atom is -0.456 e. The zero-order chi connectivity index (χ0) is 14.8. The summed E-state index contributed by atoms with van der Waals surface area (Å²) in [6.45, 7) is 6.80. The standard InChI is InChI=1S/C16H24O4/c1-12(2)13(17)19-15(3)11-16(20-14(15)18)9-7-5-4-6-8-10-16/h1,4-11H2,2-3H3. The van der Waals surface area contributed by atoms with E-state index in [1.54, 1.807) is 13.8 Å². The number of carbonyl (C=O) groups is 2. The first-order valence-corrected chi connectivity index (χ1v) is 7.49. The Morgan fingerprint density at radius 2 is 1.75 bits per heavy atom. The van der Waals surface area contributed by atoms with Crippen LogP contribution in [0.15, 0.2) is 12.2 Å². The molecule has 4 nitrogen and oxygen atoms in total. The van der Waals surface area contributed by atoms with E-state index in [-0.39, 0.29) is 0 Å². The highest BCUT2D eigenvalue weighted by atomic mass is 16.6. The molecule has 1 heterocycles. The van der Waals surface area contributed by atoms with Crippen molar-refractivity contribution < 1.29 is 19.1 Å². The summed E-state index contributed by atoms with van der Waals surface area (Å²) in [4.78, 5) is 23.9. The molecule has 1 saturated heterocycles. The van der Waals surface area contributed by atoms with Crippen molar-refractivity contribution in [3.63, 3.8) is 0 Å². The second kappa shape index (κ2) is 5.58. The van der Waals surface area contributed by atoms with Gasteiger partial charge in [-0.2, -0.15) is 0 Å². The third-order valence-corrected chi connectivity index (χ3v) is 4.33. The van der Waals surface area contributed by atoms with Gasteiger partial charge in [0.1, 0.15) is 5.60 Å². The minimum absolute atomic E-state index is 0.303. The van der Waals surface area contributed by atoms with Crippen LogP contribution >= 0.6 is 0 Å². The Hall–Kier alpha value is -1.32. The van der Waals surface area contributed by atoms with Gasteiger partial charge in [0.2, 0.25) is 5.60 Å². The molecule has 1 aliphatic carbocycles. The van der Waals surface area contributed by atoms with Crippen molar-refractivity contribution in [1.29, 1.82) is 0 Å². The highest BCUT2D eigenvalue weighted by Gasteiger charge is 2.56. The summed E-state index contributed by atoms with van der Waals surface area (Å²) in [6, 6.07) is 0. The first-order chi connectivity index (χ1) is 9.37. The maximum Gasteiger partial charge on any atom is 0.351 e. The molecule has 2 aliphatic rings. The fourth-order valence-electron chi connectivity index (χ4n) is 3.23.